The second kappa shape index (κ2) is 13.1. The number of methoxy groups -OCH3 is 1. The Labute approximate surface area is 243 Å². The van der Waals surface area contributed by atoms with Crippen LogP contribution in [0.3, 0.4) is 0 Å². The molecule has 1 unspecified atom stereocenters. The summed E-state index contributed by atoms with van der Waals surface area (Å²) in [6, 6.07) is 6.62. The van der Waals surface area contributed by atoms with Crippen molar-refractivity contribution in [3.63, 3.8) is 0 Å². The quantitative estimate of drug-likeness (QED) is 0.222. The van der Waals surface area contributed by atoms with Crippen LogP contribution in [0.5, 0.6) is 0 Å². The van der Waals surface area contributed by atoms with Crippen LogP contribution in [0, 0.1) is 29.9 Å². The van der Waals surface area contributed by atoms with Crippen molar-refractivity contribution in [3.05, 3.63) is 69.2 Å². The molecular weight excluding hydrogens is 554 g/mol. The summed E-state index contributed by atoms with van der Waals surface area (Å²) in [5.74, 6) is 0.166. The number of aliphatic imine (C=N–C) groups is 1. The molecule has 212 valence electrons. The maximum absolute atomic E-state index is 16.5. The van der Waals surface area contributed by atoms with Crippen molar-refractivity contribution in [3.8, 4) is 17.2 Å². The zero-order chi connectivity index (χ0) is 29.0. The minimum absolute atomic E-state index is 0.0869. The summed E-state index contributed by atoms with van der Waals surface area (Å²) in [6.45, 7) is 7.46. The molecule has 2 heterocycles. The number of nitrogens with two attached hydrogens (primary N) is 1. The zero-order valence-corrected chi connectivity index (χ0v) is 24.7. The van der Waals surface area contributed by atoms with Crippen molar-refractivity contribution in [2.75, 3.05) is 32.6 Å². The van der Waals surface area contributed by atoms with Crippen molar-refractivity contribution in [2.24, 2.45) is 10.7 Å². The predicted octanol–water partition coefficient (Wildman–Crippen LogP) is 7.04. The molecule has 0 aliphatic carbocycles. The number of ether oxygens (including phenoxy) is 2. The van der Waals surface area contributed by atoms with Gasteiger partial charge in [0.1, 0.15) is 23.5 Å². The highest BCUT2D eigenvalue weighted by molar-refractivity contribution is 7.99. The molecule has 1 saturated heterocycles. The second-order valence-corrected chi connectivity index (χ2v) is 11.0. The number of hydrogen-bond donors (Lipinski definition) is 1. The molecule has 1 atom stereocenters. The van der Waals surface area contributed by atoms with Gasteiger partial charge < -0.3 is 20.1 Å². The first-order valence-corrected chi connectivity index (χ1v) is 14.6. The third kappa shape index (κ3) is 5.71. The van der Waals surface area contributed by atoms with E-state index in [-0.39, 0.29) is 38.4 Å². The second-order valence-electron chi connectivity index (χ2n) is 9.57. The largest absolute Gasteiger partial charge is 0.481 e. The van der Waals surface area contributed by atoms with E-state index in [1.165, 1.54) is 23.9 Å². The number of thioether (sulfide) groups is 1. The van der Waals surface area contributed by atoms with Crippen LogP contribution in [-0.2, 0) is 9.47 Å². The monoisotopic (exact) mass is 586 g/mol. The number of hydrogen-bond acceptors (Lipinski definition) is 6. The molecule has 0 aromatic heterocycles. The van der Waals surface area contributed by atoms with Gasteiger partial charge in [0.05, 0.1) is 29.2 Å². The first-order valence-electron chi connectivity index (χ1n) is 13.3. The molecule has 0 bridgehead atoms. The van der Waals surface area contributed by atoms with Crippen LogP contribution in [0.1, 0.15) is 49.8 Å². The van der Waals surface area contributed by atoms with Gasteiger partial charge >= 0.3 is 0 Å². The van der Waals surface area contributed by atoms with Gasteiger partial charge in [-0.05, 0) is 55.5 Å². The number of rotatable bonds is 6. The Morgan fingerprint density at radius 1 is 1.32 bits per heavy atom. The molecule has 0 radical (unpaired) electrons. The molecule has 4 rings (SSSR count). The topological polar surface area (TPSA) is 83.9 Å². The molecule has 2 aromatic carbocycles. The van der Waals surface area contributed by atoms with Gasteiger partial charge in [0.2, 0.25) is 5.88 Å². The summed E-state index contributed by atoms with van der Waals surface area (Å²) in [6.07, 6.45) is 4.21. The van der Waals surface area contributed by atoms with E-state index in [2.05, 4.69) is 17.9 Å². The van der Waals surface area contributed by atoms with Gasteiger partial charge in [-0.25, -0.2) is 8.78 Å². The number of halogens is 3. The summed E-state index contributed by atoms with van der Waals surface area (Å²) in [4.78, 5) is 7.26. The van der Waals surface area contributed by atoms with Crippen LogP contribution in [0.25, 0.3) is 16.7 Å². The Balaban J connectivity index is 1.97. The highest BCUT2D eigenvalue weighted by Crippen LogP contribution is 2.46. The fraction of sp³-hybridized carbons (Fsp3) is 0.400. The van der Waals surface area contributed by atoms with Crippen LogP contribution in [0.15, 0.2) is 45.7 Å². The smallest absolute Gasteiger partial charge is 0.210 e. The summed E-state index contributed by atoms with van der Waals surface area (Å²) >= 11 is 8.03. The number of allylic oxidation sites excluding steroid dienone is 2. The lowest BCUT2D eigenvalue weighted by Crippen LogP contribution is -2.41. The summed E-state index contributed by atoms with van der Waals surface area (Å²) < 4.78 is 42.6. The van der Waals surface area contributed by atoms with Crippen molar-refractivity contribution in [2.45, 2.75) is 51.0 Å². The number of benzene rings is 2. The third-order valence-corrected chi connectivity index (χ3v) is 8.64. The van der Waals surface area contributed by atoms with Crippen molar-refractivity contribution in [1.29, 1.82) is 5.26 Å². The van der Waals surface area contributed by atoms with Crippen LogP contribution < -0.4 is 5.73 Å². The van der Waals surface area contributed by atoms with Crippen molar-refractivity contribution < 1.29 is 18.3 Å². The molecule has 6 nitrogen and oxygen atoms in total. The average Bonchev–Trinajstić information content (AvgIpc) is 3.20. The first kappa shape index (κ1) is 29.9. The maximum atomic E-state index is 16.5. The SMILES string of the molecule is CC/C=C(/N=C(\c1cc(Cl)c(-c2ccc(F)c3c2C(C#N)=C(N)CS3)c(F)c1C)N1CCOCCC1CC)OC. The lowest BCUT2D eigenvalue weighted by Gasteiger charge is -2.33. The third-order valence-electron chi connectivity index (χ3n) is 7.20. The van der Waals surface area contributed by atoms with E-state index in [0.717, 1.165) is 12.8 Å². The van der Waals surface area contributed by atoms with Gasteiger partial charge in [-0.1, -0.05) is 31.5 Å². The fourth-order valence-electron chi connectivity index (χ4n) is 5.12. The maximum Gasteiger partial charge on any atom is 0.210 e. The van der Waals surface area contributed by atoms with Crippen LogP contribution in [0.4, 0.5) is 8.78 Å². The molecular formula is C30H33ClF2N4O2S. The zero-order valence-electron chi connectivity index (χ0n) is 23.1. The molecule has 2 aliphatic rings. The van der Waals surface area contributed by atoms with Crippen molar-refractivity contribution in [1.82, 2.24) is 4.90 Å². The standard InChI is InChI=1S/C30H33ClF2N4O2S/c1-5-7-25(38-4)36-30(37-11-13-39-12-10-18(37)6-2)20-14-22(31)27(28(33)17(20)3)19-8-9-23(32)29-26(19)21(15-34)24(35)16-40-29/h7-9,14,18H,5-6,10-13,16,35H2,1-4H3/b25-7-,36-30+. The van der Waals surface area contributed by atoms with E-state index in [4.69, 9.17) is 31.8 Å². The molecule has 2 N–H and O–H groups in total. The molecule has 0 amide bonds. The van der Waals surface area contributed by atoms with Gasteiger partial charge in [-0.2, -0.15) is 10.3 Å². The molecule has 10 heteroatoms. The number of amidine groups is 1. The Morgan fingerprint density at radius 2 is 2.10 bits per heavy atom. The van der Waals surface area contributed by atoms with Crippen molar-refractivity contribution >= 4 is 34.8 Å². The molecule has 2 aromatic rings. The first-order chi connectivity index (χ1) is 19.3. The predicted molar refractivity (Wildman–Crippen MR) is 157 cm³/mol. The summed E-state index contributed by atoms with van der Waals surface area (Å²) in [5.41, 5.74) is 8.07. The molecule has 0 spiro atoms. The van der Waals surface area contributed by atoms with E-state index in [9.17, 15) is 9.65 Å². The Hall–Kier alpha value is -3.06. The van der Waals surface area contributed by atoms with E-state index in [1.54, 1.807) is 20.1 Å². The van der Waals surface area contributed by atoms with Crippen LogP contribution in [-0.4, -0.2) is 49.4 Å². The van der Waals surface area contributed by atoms with E-state index in [0.29, 0.717) is 60.3 Å². The number of fused-ring (bicyclic) bond motifs is 1. The van der Waals surface area contributed by atoms with Gasteiger partial charge in [0, 0.05) is 47.3 Å². The van der Waals surface area contributed by atoms with Gasteiger partial charge in [0.25, 0.3) is 0 Å². The number of nitriles is 1. The van der Waals surface area contributed by atoms with Crippen LogP contribution >= 0.6 is 23.4 Å². The Morgan fingerprint density at radius 3 is 2.77 bits per heavy atom. The van der Waals surface area contributed by atoms with E-state index in [1.807, 2.05) is 13.0 Å². The summed E-state index contributed by atoms with van der Waals surface area (Å²) in [7, 11) is 1.55. The van der Waals surface area contributed by atoms with Gasteiger partial charge in [-0.15, -0.1) is 11.8 Å². The fourth-order valence-corrected chi connectivity index (χ4v) is 6.42. The lowest BCUT2D eigenvalue weighted by atomic mass is 9.90. The van der Waals surface area contributed by atoms with Gasteiger partial charge in [-0.3, -0.25) is 0 Å². The molecule has 40 heavy (non-hydrogen) atoms. The van der Waals surface area contributed by atoms with E-state index < -0.39 is 11.6 Å². The Kier molecular flexibility index (Phi) is 9.77. The minimum Gasteiger partial charge on any atom is -0.481 e. The van der Waals surface area contributed by atoms with E-state index >= 15 is 4.39 Å². The Bertz CT molecular complexity index is 1430. The highest BCUT2D eigenvalue weighted by atomic mass is 35.5. The minimum atomic E-state index is -0.576. The summed E-state index contributed by atoms with van der Waals surface area (Å²) in [5, 5.41) is 9.97. The normalized spacial score (nSPS) is 18.4. The molecule has 2 aliphatic heterocycles. The van der Waals surface area contributed by atoms with Crippen LogP contribution in [0.2, 0.25) is 5.02 Å². The lowest BCUT2D eigenvalue weighted by molar-refractivity contribution is 0.147. The highest BCUT2D eigenvalue weighted by Gasteiger charge is 2.31. The number of nitrogens with zero attached hydrogens (tertiary/aromatic N) is 3. The molecule has 1 fully saturated rings. The van der Waals surface area contributed by atoms with Gasteiger partial charge in [0.15, 0.2) is 0 Å². The average molecular weight is 587 g/mol. The molecule has 0 saturated carbocycles.